The molecule has 9 heteroatoms. The highest BCUT2D eigenvalue weighted by Crippen LogP contribution is 2.36. The van der Waals surface area contributed by atoms with E-state index in [0.29, 0.717) is 15.6 Å². The monoisotopic (exact) mass is 498 g/mol. The summed E-state index contributed by atoms with van der Waals surface area (Å²) < 4.78 is 6.07. The Bertz CT molecular complexity index is 1170. The van der Waals surface area contributed by atoms with Gasteiger partial charge in [-0.25, -0.2) is 4.79 Å². The number of fused-ring (bicyclic) bond motifs is 1. The van der Waals surface area contributed by atoms with E-state index in [4.69, 9.17) is 4.74 Å². The summed E-state index contributed by atoms with van der Waals surface area (Å²) in [5.41, 5.74) is 2.74. The first kappa shape index (κ1) is 24.3. The molecule has 2 N–H and O–H groups in total. The molecule has 0 saturated heterocycles. The van der Waals surface area contributed by atoms with Crippen molar-refractivity contribution < 1.29 is 24.0 Å². The second kappa shape index (κ2) is 11.0. The van der Waals surface area contributed by atoms with E-state index in [0.717, 1.165) is 41.2 Å². The van der Waals surface area contributed by atoms with Crippen molar-refractivity contribution in [3.63, 3.8) is 0 Å². The second-order valence-corrected chi connectivity index (χ2v) is 10.6. The van der Waals surface area contributed by atoms with E-state index in [1.807, 2.05) is 18.2 Å². The van der Waals surface area contributed by atoms with Crippen molar-refractivity contribution in [2.75, 3.05) is 18.5 Å². The van der Waals surface area contributed by atoms with Gasteiger partial charge in [-0.15, -0.1) is 11.3 Å². The van der Waals surface area contributed by atoms with Gasteiger partial charge in [-0.3, -0.25) is 4.79 Å². The Labute approximate surface area is 207 Å². The smallest absolute Gasteiger partial charge is 0.341 e. The molecule has 2 aromatic heterocycles. The summed E-state index contributed by atoms with van der Waals surface area (Å²) in [7, 11) is 0. The van der Waals surface area contributed by atoms with Gasteiger partial charge in [0.2, 0.25) is 5.91 Å². The van der Waals surface area contributed by atoms with Crippen LogP contribution in [0, 0.1) is 5.21 Å². The van der Waals surface area contributed by atoms with Gasteiger partial charge in [-0.05, 0) is 37.2 Å². The van der Waals surface area contributed by atoms with Crippen LogP contribution in [0.5, 0.6) is 0 Å². The van der Waals surface area contributed by atoms with Crippen LogP contribution in [0.4, 0.5) is 5.00 Å². The predicted octanol–water partition coefficient (Wildman–Crippen LogP) is 2.82. The number of esters is 1. The molecule has 0 bridgehead atoms. The summed E-state index contributed by atoms with van der Waals surface area (Å²) in [6.45, 7) is 6.40. The molecule has 1 aliphatic heterocycles. The summed E-state index contributed by atoms with van der Waals surface area (Å²) in [5.74, 6) is -0.658. The molecule has 0 radical (unpaired) electrons. The van der Waals surface area contributed by atoms with Crippen LogP contribution in [0.1, 0.15) is 40.2 Å². The predicted molar refractivity (Wildman–Crippen MR) is 133 cm³/mol. The van der Waals surface area contributed by atoms with Gasteiger partial charge < -0.3 is 20.2 Å². The Morgan fingerprint density at radius 1 is 1.24 bits per heavy atom. The second-order valence-electron chi connectivity index (χ2n) is 8.13. The van der Waals surface area contributed by atoms with Gasteiger partial charge in [-0.2, -0.15) is 4.73 Å². The lowest BCUT2D eigenvalue weighted by molar-refractivity contribution is -0.929. The molecule has 0 aliphatic carbocycles. The molecule has 1 unspecified atom stereocenters. The number of thiophene rings is 1. The number of nitrogens with zero attached hydrogens (tertiary/aromatic N) is 1. The van der Waals surface area contributed by atoms with Crippen molar-refractivity contribution in [3.05, 3.63) is 81.5 Å². The van der Waals surface area contributed by atoms with Crippen molar-refractivity contribution in [1.29, 1.82) is 0 Å². The minimum atomic E-state index is -0.517. The third kappa shape index (κ3) is 5.60. The maximum Gasteiger partial charge on any atom is 0.341 e. The molecule has 0 saturated carbocycles. The minimum absolute atomic E-state index is 0.258. The number of quaternary nitrogens is 1. The van der Waals surface area contributed by atoms with Gasteiger partial charge in [-0.1, -0.05) is 30.3 Å². The van der Waals surface area contributed by atoms with Gasteiger partial charge in [0.25, 0.3) is 5.03 Å². The Hall–Kier alpha value is -2.88. The number of hydrogen-bond donors (Lipinski definition) is 2. The van der Waals surface area contributed by atoms with E-state index in [1.54, 1.807) is 32.0 Å². The van der Waals surface area contributed by atoms with Crippen molar-refractivity contribution in [2.24, 2.45) is 0 Å². The standard InChI is InChI=1S/C25H27N3O4S2/c1-3-32-25(30)22-19-12-14-27(15-18-9-5-4-6-10-18)16-20(19)34-24(22)26-23(29)17(2)33-21-11-7-8-13-28(21)31/h4-11,13,17H,3,12,14-16H2,1-2H3,(H,26,29)/p+1/t17-/m1/s1. The van der Waals surface area contributed by atoms with Gasteiger partial charge >= 0.3 is 5.97 Å². The van der Waals surface area contributed by atoms with Crippen molar-refractivity contribution in [1.82, 2.24) is 0 Å². The fourth-order valence-corrected chi connectivity index (χ4v) is 6.19. The maximum absolute atomic E-state index is 13.0. The van der Waals surface area contributed by atoms with Gasteiger partial charge in [0, 0.05) is 24.1 Å². The van der Waals surface area contributed by atoms with E-state index < -0.39 is 11.2 Å². The normalized spacial score (nSPS) is 15.9. The molecule has 1 aliphatic rings. The number of pyridine rings is 1. The molecule has 0 fully saturated rings. The van der Waals surface area contributed by atoms with Crippen LogP contribution in [0.2, 0.25) is 0 Å². The summed E-state index contributed by atoms with van der Waals surface area (Å²) in [6.07, 6.45) is 2.16. The number of anilines is 1. The van der Waals surface area contributed by atoms with Crippen LogP contribution < -0.4 is 14.9 Å². The number of ether oxygens (including phenoxy) is 1. The topological polar surface area (TPSA) is 86.8 Å². The SMILES string of the molecule is CCOC(=O)c1c(NC(=O)[C@@H](C)Sc2cccc[n+]2[O-])sc2c1CC[NH+](Cc1ccccc1)C2. The Morgan fingerprint density at radius 3 is 2.74 bits per heavy atom. The molecular weight excluding hydrogens is 470 g/mol. The molecule has 178 valence electrons. The summed E-state index contributed by atoms with van der Waals surface area (Å²) in [6, 6.07) is 15.5. The quantitative estimate of drug-likeness (QED) is 0.216. The Morgan fingerprint density at radius 2 is 2.00 bits per heavy atom. The van der Waals surface area contributed by atoms with Gasteiger partial charge in [0.05, 0.1) is 28.8 Å². The number of thioether (sulfide) groups is 1. The molecule has 3 heterocycles. The summed E-state index contributed by atoms with van der Waals surface area (Å²) in [5, 5.41) is 15.4. The third-order valence-corrected chi connectivity index (χ3v) is 7.97. The fraction of sp³-hybridized carbons (Fsp3) is 0.320. The van der Waals surface area contributed by atoms with Crippen molar-refractivity contribution >= 4 is 40.0 Å². The highest BCUT2D eigenvalue weighted by atomic mass is 32.2. The number of nitrogens with one attached hydrogen (secondary N) is 2. The molecule has 2 atom stereocenters. The van der Waals surface area contributed by atoms with Crippen LogP contribution >= 0.6 is 23.1 Å². The van der Waals surface area contributed by atoms with Crippen molar-refractivity contribution in [3.8, 4) is 0 Å². The highest BCUT2D eigenvalue weighted by molar-refractivity contribution is 8.00. The average molecular weight is 499 g/mol. The van der Waals surface area contributed by atoms with E-state index in [1.165, 1.54) is 39.8 Å². The zero-order valence-electron chi connectivity index (χ0n) is 19.2. The molecular formula is C25H28N3O4S2+. The molecule has 1 aromatic carbocycles. The highest BCUT2D eigenvalue weighted by Gasteiger charge is 2.32. The van der Waals surface area contributed by atoms with Gasteiger partial charge in [0.15, 0.2) is 6.20 Å². The number of carbonyl (C=O) groups excluding carboxylic acids is 2. The maximum atomic E-state index is 13.0. The lowest BCUT2D eigenvalue weighted by Gasteiger charge is -2.24. The lowest BCUT2D eigenvalue weighted by atomic mass is 10.0. The van der Waals surface area contributed by atoms with Crippen LogP contribution in [0.15, 0.2) is 59.8 Å². The van der Waals surface area contributed by atoms with Crippen molar-refractivity contribution in [2.45, 2.75) is 43.6 Å². The fourth-order valence-electron chi connectivity index (χ4n) is 4.03. The summed E-state index contributed by atoms with van der Waals surface area (Å²) in [4.78, 5) is 28.3. The Kier molecular flexibility index (Phi) is 7.87. The Balaban J connectivity index is 1.53. The number of hydrogen-bond acceptors (Lipinski definition) is 6. The van der Waals surface area contributed by atoms with E-state index >= 15 is 0 Å². The molecule has 4 rings (SSSR count). The first-order valence-corrected chi connectivity index (χ1v) is 13.0. The minimum Gasteiger partial charge on any atom is -0.618 e. The summed E-state index contributed by atoms with van der Waals surface area (Å²) >= 11 is 2.64. The first-order chi connectivity index (χ1) is 16.5. The van der Waals surface area contributed by atoms with Crippen LogP contribution in [0.3, 0.4) is 0 Å². The number of benzene rings is 1. The lowest BCUT2D eigenvalue weighted by Crippen LogP contribution is -3.10. The van der Waals surface area contributed by atoms with E-state index in [-0.39, 0.29) is 12.5 Å². The third-order valence-electron chi connectivity index (χ3n) is 5.70. The zero-order valence-corrected chi connectivity index (χ0v) is 20.8. The van der Waals surface area contributed by atoms with Crippen LogP contribution in [0.25, 0.3) is 0 Å². The molecule has 1 amide bonds. The molecule has 34 heavy (non-hydrogen) atoms. The van der Waals surface area contributed by atoms with E-state index in [2.05, 4.69) is 17.4 Å². The number of amides is 1. The van der Waals surface area contributed by atoms with Gasteiger partial charge in [0.1, 0.15) is 18.1 Å². The molecule has 3 aromatic rings. The molecule has 7 nitrogen and oxygen atoms in total. The zero-order chi connectivity index (χ0) is 24.1. The average Bonchev–Trinajstić information content (AvgIpc) is 3.18. The molecule has 0 spiro atoms. The number of aromatic nitrogens is 1. The van der Waals surface area contributed by atoms with Crippen LogP contribution in [-0.4, -0.2) is 30.3 Å². The number of rotatable bonds is 8. The largest absolute Gasteiger partial charge is 0.618 e. The first-order valence-electron chi connectivity index (χ1n) is 11.3. The van der Waals surface area contributed by atoms with Crippen LogP contribution in [-0.2, 0) is 29.0 Å². The van der Waals surface area contributed by atoms with E-state index in [9.17, 15) is 14.8 Å². The number of carbonyl (C=O) groups is 2.